The van der Waals surface area contributed by atoms with Crippen molar-refractivity contribution in [3.63, 3.8) is 0 Å². The van der Waals surface area contributed by atoms with Crippen molar-refractivity contribution in [2.45, 2.75) is 13.3 Å². The van der Waals surface area contributed by atoms with Crippen molar-refractivity contribution >= 4 is 5.97 Å². The van der Waals surface area contributed by atoms with Gasteiger partial charge in [0.05, 0.1) is 6.54 Å². The zero-order valence-corrected chi connectivity index (χ0v) is 7.89. The molecule has 0 aromatic rings. The zero-order chi connectivity index (χ0) is 9.40. The molecule has 3 nitrogen and oxygen atoms in total. The minimum atomic E-state index is -0.200. The van der Waals surface area contributed by atoms with Crippen LogP contribution in [0.15, 0.2) is 0 Å². The summed E-state index contributed by atoms with van der Waals surface area (Å²) in [4.78, 5) is 12.6. The van der Waals surface area contributed by atoms with Crippen LogP contribution in [-0.4, -0.2) is 38.1 Å². The van der Waals surface area contributed by atoms with Gasteiger partial charge in [-0.2, -0.15) is 0 Å². The van der Waals surface area contributed by atoms with E-state index in [4.69, 9.17) is 4.74 Å². The molecule has 0 aliphatic heterocycles. The molecule has 0 saturated carbocycles. The van der Waals surface area contributed by atoms with Crippen LogP contribution in [0.1, 0.15) is 13.3 Å². The molecule has 0 fully saturated rings. The van der Waals surface area contributed by atoms with Crippen LogP contribution < -0.4 is 0 Å². The van der Waals surface area contributed by atoms with E-state index in [1.807, 2.05) is 19.0 Å². The summed E-state index contributed by atoms with van der Waals surface area (Å²) in [5.41, 5.74) is 0. The van der Waals surface area contributed by atoms with Gasteiger partial charge in [-0.1, -0.05) is 18.8 Å². The second kappa shape index (κ2) is 6.68. The summed E-state index contributed by atoms with van der Waals surface area (Å²) in [6, 6.07) is 0. The first-order valence-corrected chi connectivity index (χ1v) is 3.93. The van der Waals surface area contributed by atoms with Gasteiger partial charge < -0.3 is 4.74 Å². The van der Waals surface area contributed by atoms with E-state index in [2.05, 4.69) is 11.8 Å². The van der Waals surface area contributed by atoms with E-state index in [1.165, 1.54) is 0 Å². The molecule has 12 heavy (non-hydrogen) atoms. The number of carbonyl (C=O) groups excluding carboxylic acids is 1. The average molecular weight is 169 g/mol. The fourth-order valence-corrected chi connectivity index (χ4v) is 0.484. The topological polar surface area (TPSA) is 29.5 Å². The SMILES string of the molecule is CCC(=O)OCC#CCN(C)C. The molecule has 0 aliphatic rings. The molecule has 0 amide bonds. The minimum absolute atomic E-state index is 0.200. The minimum Gasteiger partial charge on any atom is -0.452 e. The number of ether oxygens (including phenoxy) is 1. The van der Waals surface area contributed by atoms with Gasteiger partial charge in [-0.3, -0.25) is 9.69 Å². The van der Waals surface area contributed by atoms with E-state index >= 15 is 0 Å². The highest BCUT2D eigenvalue weighted by molar-refractivity contribution is 5.69. The zero-order valence-electron chi connectivity index (χ0n) is 7.89. The molecule has 0 saturated heterocycles. The van der Waals surface area contributed by atoms with Crippen LogP contribution in [0.25, 0.3) is 0 Å². The third-order valence-corrected chi connectivity index (χ3v) is 1.11. The predicted octanol–water partition coefficient (Wildman–Crippen LogP) is 0.505. The largest absolute Gasteiger partial charge is 0.452 e. The maximum Gasteiger partial charge on any atom is 0.306 e. The highest BCUT2D eigenvalue weighted by atomic mass is 16.5. The highest BCUT2D eigenvalue weighted by Crippen LogP contribution is 1.81. The van der Waals surface area contributed by atoms with Crippen molar-refractivity contribution in [3.05, 3.63) is 0 Å². The highest BCUT2D eigenvalue weighted by Gasteiger charge is 1.93. The molecule has 3 heteroatoms. The molecule has 0 unspecified atom stereocenters. The van der Waals surface area contributed by atoms with E-state index in [1.54, 1.807) is 6.92 Å². The third kappa shape index (κ3) is 7.10. The van der Waals surface area contributed by atoms with Gasteiger partial charge in [-0.25, -0.2) is 0 Å². The fourth-order valence-electron chi connectivity index (χ4n) is 0.484. The van der Waals surface area contributed by atoms with Gasteiger partial charge >= 0.3 is 5.97 Å². The van der Waals surface area contributed by atoms with Gasteiger partial charge in [-0.15, -0.1) is 0 Å². The Labute approximate surface area is 73.7 Å². The van der Waals surface area contributed by atoms with E-state index in [-0.39, 0.29) is 12.6 Å². The summed E-state index contributed by atoms with van der Waals surface area (Å²) in [5.74, 6) is 5.41. The molecule has 0 spiro atoms. The molecule has 0 rings (SSSR count). The molecule has 0 N–H and O–H groups in total. The Balaban J connectivity index is 3.39. The lowest BCUT2D eigenvalue weighted by molar-refractivity contribution is -0.141. The molecule has 0 bridgehead atoms. The summed E-state index contributed by atoms with van der Waals surface area (Å²) in [5, 5.41) is 0. The lowest BCUT2D eigenvalue weighted by Gasteiger charge is -2.01. The number of carbonyl (C=O) groups is 1. The summed E-state index contributed by atoms with van der Waals surface area (Å²) >= 11 is 0. The van der Waals surface area contributed by atoms with Crippen molar-refractivity contribution in [1.29, 1.82) is 0 Å². The van der Waals surface area contributed by atoms with Crippen LogP contribution in [0.3, 0.4) is 0 Å². The van der Waals surface area contributed by atoms with Crippen LogP contribution in [0, 0.1) is 11.8 Å². The molecule has 0 radical (unpaired) electrons. The summed E-state index contributed by atoms with van der Waals surface area (Å²) in [6.45, 7) is 2.67. The maximum atomic E-state index is 10.6. The Morgan fingerprint density at radius 1 is 1.42 bits per heavy atom. The number of esters is 1. The summed E-state index contributed by atoms with van der Waals surface area (Å²) < 4.78 is 4.74. The molecule has 0 aromatic carbocycles. The van der Waals surface area contributed by atoms with Crippen molar-refractivity contribution < 1.29 is 9.53 Å². The molecule has 0 aromatic heterocycles. The smallest absolute Gasteiger partial charge is 0.306 e. The maximum absolute atomic E-state index is 10.6. The molecular formula is C9H15NO2. The van der Waals surface area contributed by atoms with Crippen LogP contribution >= 0.6 is 0 Å². The van der Waals surface area contributed by atoms with Gasteiger partial charge in [0, 0.05) is 6.42 Å². The summed E-state index contributed by atoms with van der Waals surface area (Å²) in [7, 11) is 3.87. The van der Waals surface area contributed by atoms with Gasteiger partial charge in [0.15, 0.2) is 6.61 Å². The standard InChI is InChI=1S/C9H15NO2/c1-4-9(11)12-8-6-5-7-10(2)3/h4,7-8H2,1-3H3. The Kier molecular flexibility index (Phi) is 6.12. The Morgan fingerprint density at radius 2 is 2.08 bits per heavy atom. The van der Waals surface area contributed by atoms with Crippen molar-refractivity contribution in [2.24, 2.45) is 0 Å². The van der Waals surface area contributed by atoms with Crippen LogP contribution in [0.5, 0.6) is 0 Å². The van der Waals surface area contributed by atoms with Gasteiger partial charge in [0.1, 0.15) is 0 Å². The van der Waals surface area contributed by atoms with E-state index < -0.39 is 0 Å². The van der Waals surface area contributed by atoms with Crippen molar-refractivity contribution in [2.75, 3.05) is 27.2 Å². The first kappa shape index (κ1) is 11.0. The quantitative estimate of drug-likeness (QED) is 0.455. The Morgan fingerprint density at radius 3 is 2.58 bits per heavy atom. The lowest BCUT2D eigenvalue weighted by atomic mass is 10.5. The van der Waals surface area contributed by atoms with Crippen molar-refractivity contribution in [1.82, 2.24) is 4.90 Å². The summed E-state index contributed by atoms with van der Waals surface area (Å²) in [6.07, 6.45) is 0.412. The molecular weight excluding hydrogens is 154 g/mol. The number of hydrogen-bond donors (Lipinski definition) is 0. The van der Waals surface area contributed by atoms with Crippen molar-refractivity contribution in [3.8, 4) is 11.8 Å². The molecule has 68 valence electrons. The monoisotopic (exact) mass is 169 g/mol. The first-order valence-electron chi connectivity index (χ1n) is 3.93. The van der Waals surface area contributed by atoms with Gasteiger partial charge in [0.2, 0.25) is 0 Å². The number of hydrogen-bond acceptors (Lipinski definition) is 3. The van der Waals surface area contributed by atoms with Crippen LogP contribution in [-0.2, 0) is 9.53 Å². The van der Waals surface area contributed by atoms with E-state index in [0.29, 0.717) is 13.0 Å². The lowest BCUT2D eigenvalue weighted by Crippen LogP contribution is -2.11. The van der Waals surface area contributed by atoms with Gasteiger partial charge in [0.25, 0.3) is 0 Å². The Hall–Kier alpha value is -1.01. The van der Waals surface area contributed by atoms with E-state index in [0.717, 1.165) is 0 Å². The molecule has 0 atom stereocenters. The fraction of sp³-hybridized carbons (Fsp3) is 0.667. The Bertz CT molecular complexity index is 188. The van der Waals surface area contributed by atoms with Gasteiger partial charge in [-0.05, 0) is 14.1 Å². The number of nitrogens with zero attached hydrogens (tertiary/aromatic N) is 1. The normalized spacial score (nSPS) is 9.00. The third-order valence-electron chi connectivity index (χ3n) is 1.11. The second-order valence-corrected chi connectivity index (χ2v) is 2.61. The second-order valence-electron chi connectivity index (χ2n) is 2.61. The van der Waals surface area contributed by atoms with Crippen LogP contribution in [0.2, 0.25) is 0 Å². The average Bonchev–Trinajstić information content (AvgIpc) is 2.03. The predicted molar refractivity (Wildman–Crippen MR) is 47.6 cm³/mol. The molecule has 0 heterocycles. The number of rotatable bonds is 3. The molecule has 0 aliphatic carbocycles. The van der Waals surface area contributed by atoms with Crippen LogP contribution in [0.4, 0.5) is 0 Å². The first-order chi connectivity index (χ1) is 5.66. The van der Waals surface area contributed by atoms with E-state index in [9.17, 15) is 4.79 Å².